The molecule has 0 atom stereocenters. The minimum Gasteiger partial charge on any atom is -0.476 e. The van der Waals surface area contributed by atoms with Gasteiger partial charge in [-0.05, 0) is 23.9 Å². The highest BCUT2D eigenvalue weighted by Crippen LogP contribution is 2.32. The first-order valence-electron chi connectivity index (χ1n) is 5.69. The summed E-state index contributed by atoms with van der Waals surface area (Å²) in [7, 11) is 0. The molecular formula is C13H8N4O2S. The highest BCUT2D eigenvalue weighted by atomic mass is 32.2. The summed E-state index contributed by atoms with van der Waals surface area (Å²) in [6, 6.07) is 8.94. The van der Waals surface area contributed by atoms with Gasteiger partial charge in [-0.2, -0.15) is 0 Å². The average Bonchev–Trinajstić information content (AvgIpc) is 2.48. The van der Waals surface area contributed by atoms with Crippen molar-refractivity contribution in [3.63, 3.8) is 0 Å². The highest BCUT2D eigenvalue weighted by Gasteiger charge is 2.18. The van der Waals surface area contributed by atoms with Gasteiger partial charge in [-0.25, -0.2) is 14.8 Å². The molecule has 0 aliphatic rings. The second-order valence-electron chi connectivity index (χ2n) is 3.83. The van der Waals surface area contributed by atoms with Gasteiger partial charge in [-0.1, -0.05) is 18.2 Å². The third-order valence-electron chi connectivity index (χ3n) is 2.56. The molecule has 0 spiro atoms. The Morgan fingerprint density at radius 1 is 1.05 bits per heavy atom. The van der Waals surface area contributed by atoms with Crippen molar-refractivity contribution in [3.05, 3.63) is 48.4 Å². The van der Waals surface area contributed by atoms with E-state index in [-0.39, 0.29) is 5.69 Å². The van der Waals surface area contributed by atoms with Gasteiger partial charge in [0.05, 0.1) is 10.4 Å². The van der Waals surface area contributed by atoms with Crippen molar-refractivity contribution in [2.24, 2.45) is 0 Å². The minimum absolute atomic E-state index is 0.0962. The second-order valence-corrected chi connectivity index (χ2v) is 4.81. The van der Waals surface area contributed by atoms with E-state index in [2.05, 4.69) is 20.2 Å². The predicted molar refractivity (Wildman–Crippen MR) is 72.7 cm³/mol. The van der Waals surface area contributed by atoms with Crippen molar-refractivity contribution in [3.8, 4) is 0 Å². The highest BCUT2D eigenvalue weighted by molar-refractivity contribution is 7.99. The fourth-order valence-corrected chi connectivity index (χ4v) is 2.62. The van der Waals surface area contributed by atoms with Gasteiger partial charge >= 0.3 is 5.97 Å². The van der Waals surface area contributed by atoms with Crippen LogP contribution in [0.25, 0.3) is 10.9 Å². The number of fused-ring (bicyclic) bond motifs is 1. The van der Waals surface area contributed by atoms with Crippen LogP contribution in [0.4, 0.5) is 0 Å². The lowest BCUT2D eigenvalue weighted by atomic mass is 10.2. The largest absolute Gasteiger partial charge is 0.476 e. The van der Waals surface area contributed by atoms with E-state index < -0.39 is 5.97 Å². The lowest BCUT2D eigenvalue weighted by Crippen LogP contribution is -2.05. The van der Waals surface area contributed by atoms with Crippen LogP contribution in [0.1, 0.15) is 10.5 Å². The van der Waals surface area contributed by atoms with E-state index >= 15 is 0 Å². The number of aromatic nitrogens is 4. The van der Waals surface area contributed by atoms with Crippen molar-refractivity contribution < 1.29 is 9.90 Å². The molecule has 0 unspecified atom stereocenters. The van der Waals surface area contributed by atoms with Gasteiger partial charge < -0.3 is 5.11 Å². The quantitative estimate of drug-likeness (QED) is 0.738. The molecule has 1 aromatic carbocycles. The van der Waals surface area contributed by atoms with Gasteiger partial charge in [0.2, 0.25) is 0 Å². The Morgan fingerprint density at radius 3 is 2.55 bits per heavy atom. The summed E-state index contributed by atoms with van der Waals surface area (Å²) in [6.45, 7) is 0. The summed E-state index contributed by atoms with van der Waals surface area (Å²) < 4.78 is 0. The van der Waals surface area contributed by atoms with Crippen LogP contribution in [0.3, 0.4) is 0 Å². The van der Waals surface area contributed by atoms with Crippen molar-refractivity contribution in [1.82, 2.24) is 20.2 Å². The van der Waals surface area contributed by atoms with Crippen LogP contribution in [0, 0.1) is 0 Å². The molecule has 98 valence electrons. The monoisotopic (exact) mass is 284 g/mol. The second kappa shape index (κ2) is 5.22. The molecule has 6 nitrogen and oxygen atoms in total. The number of nitrogens with zero attached hydrogens (tertiary/aromatic N) is 4. The third-order valence-corrected chi connectivity index (χ3v) is 3.57. The molecule has 7 heteroatoms. The number of carbonyl (C=O) groups is 1. The lowest BCUT2D eigenvalue weighted by molar-refractivity contribution is 0.0685. The summed E-state index contributed by atoms with van der Waals surface area (Å²) in [5, 5.41) is 18.1. The molecule has 0 fully saturated rings. The predicted octanol–water partition coefficient (Wildman–Crippen LogP) is 2.27. The number of carboxylic acids is 1. The molecule has 2 heterocycles. The molecule has 0 radical (unpaired) electrons. The van der Waals surface area contributed by atoms with Crippen LogP contribution in [-0.2, 0) is 0 Å². The molecule has 0 aliphatic heterocycles. The first-order chi connectivity index (χ1) is 9.75. The Hall–Kier alpha value is -2.54. The zero-order valence-electron chi connectivity index (χ0n) is 10.1. The maximum absolute atomic E-state index is 11.3. The molecule has 20 heavy (non-hydrogen) atoms. The normalized spacial score (nSPS) is 10.6. The SMILES string of the molecule is O=C(O)c1nnc2ccccc2c1Sc1ncccn1. The zero-order chi connectivity index (χ0) is 13.9. The molecule has 1 N–H and O–H groups in total. The van der Waals surface area contributed by atoms with Crippen LogP contribution in [0.5, 0.6) is 0 Å². The van der Waals surface area contributed by atoms with Gasteiger partial charge in [0.25, 0.3) is 0 Å². The van der Waals surface area contributed by atoms with E-state index in [9.17, 15) is 9.90 Å². The Labute approximate surface area is 117 Å². The molecule has 0 bridgehead atoms. The number of benzene rings is 1. The third kappa shape index (κ3) is 2.30. The molecule has 0 aliphatic carbocycles. The fourth-order valence-electron chi connectivity index (χ4n) is 1.70. The van der Waals surface area contributed by atoms with Crippen molar-refractivity contribution in [2.75, 3.05) is 0 Å². The molecule has 2 aromatic heterocycles. The van der Waals surface area contributed by atoms with E-state index in [0.29, 0.717) is 15.6 Å². The molecule has 0 saturated heterocycles. The van der Waals surface area contributed by atoms with Crippen LogP contribution < -0.4 is 0 Å². The topological polar surface area (TPSA) is 88.9 Å². The van der Waals surface area contributed by atoms with Crippen molar-refractivity contribution in [1.29, 1.82) is 0 Å². The zero-order valence-corrected chi connectivity index (χ0v) is 10.9. The van der Waals surface area contributed by atoms with Crippen molar-refractivity contribution in [2.45, 2.75) is 10.1 Å². The van der Waals surface area contributed by atoms with Gasteiger partial charge in [-0.15, -0.1) is 10.2 Å². The summed E-state index contributed by atoms with van der Waals surface area (Å²) >= 11 is 1.17. The Balaban J connectivity index is 2.20. The summed E-state index contributed by atoms with van der Waals surface area (Å²) in [5.74, 6) is -1.12. The lowest BCUT2D eigenvalue weighted by Gasteiger charge is -2.06. The molecule has 0 amide bonds. The van der Waals surface area contributed by atoms with E-state index in [4.69, 9.17) is 0 Å². The standard InChI is InChI=1S/C13H8N4O2S/c18-12(19)10-11(20-13-14-6-3-7-15-13)8-4-1-2-5-9(8)16-17-10/h1-7H,(H,18,19). The van der Waals surface area contributed by atoms with Crippen molar-refractivity contribution >= 4 is 28.6 Å². The number of hydrogen-bond acceptors (Lipinski definition) is 6. The molecule has 3 rings (SSSR count). The van der Waals surface area contributed by atoms with Crippen LogP contribution >= 0.6 is 11.8 Å². The first-order valence-corrected chi connectivity index (χ1v) is 6.51. The smallest absolute Gasteiger partial charge is 0.357 e. The molecular weight excluding hydrogens is 276 g/mol. The number of hydrogen-bond donors (Lipinski definition) is 1. The van der Waals surface area contributed by atoms with Crippen LogP contribution in [-0.4, -0.2) is 31.2 Å². The Kier molecular flexibility index (Phi) is 3.26. The average molecular weight is 284 g/mol. The van der Waals surface area contributed by atoms with Gasteiger partial charge in [0, 0.05) is 17.8 Å². The number of aromatic carboxylic acids is 1. The fraction of sp³-hybridized carbons (Fsp3) is 0. The maximum Gasteiger partial charge on any atom is 0.357 e. The van der Waals surface area contributed by atoms with Gasteiger partial charge in [0.15, 0.2) is 10.9 Å². The molecule has 0 saturated carbocycles. The van der Waals surface area contributed by atoms with Crippen LogP contribution in [0.2, 0.25) is 0 Å². The Bertz CT molecular complexity index is 780. The minimum atomic E-state index is -1.12. The van der Waals surface area contributed by atoms with Gasteiger partial charge in [-0.3, -0.25) is 0 Å². The maximum atomic E-state index is 11.3. The summed E-state index contributed by atoms with van der Waals surface area (Å²) in [4.78, 5) is 20.0. The number of rotatable bonds is 3. The van der Waals surface area contributed by atoms with E-state index in [1.54, 1.807) is 24.5 Å². The Morgan fingerprint density at radius 2 is 1.80 bits per heavy atom. The van der Waals surface area contributed by atoms with Gasteiger partial charge in [0.1, 0.15) is 0 Å². The number of carboxylic acid groups (broad SMARTS) is 1. The van der Waals surface area contributed by atoms with E-state index in [1.807, 2.05) is 18.2 Å². The summed E-state index contributed by atoms with van der Waals surface area (Å²) in [5.41, 5.74) is 0.539. The van der Waals surface area contributed by atoms with Crippen LogP contribution in [0.15, 0.2) is 52.8 Å². The first kappa shape index (κ1) is 12.5. The summed E-state index contributed by atoms with van der Waals surface area (Å²) in [6.07, 6.45) is 3.21. The van der Waals surface area contributed by atoms with E-state index in [1.165, 1.54) is 11.8 Å². The molecule has 3 aromatic rings. The van der Waals surface area contributed by atoms with E-state index in [0.717, 1.165) is 5.39 Å².